The zero-order valence-corrected chi connectivity index (χ0v) is 9.73. The highest BCUT2D eigenvalue weighted by Crippen LogP contribution is 2.24. The summed E-state index contributed by atoms with van der Waals surface area (Å²) in [5.41, 5.74) is 3.08. The molecule has 0 saturated carbocycles. The number of fused-ring (bicyclic) bond motifs is 1. The van der Waals surface area contributed by atoms with Gasteiger partial charge in [0.1, 0.15) is 0 Å². The molecule has 0 N–H and O–H groups in total. The standard InChI is InChI=1S/C12H17NS/c1-3-13-7-6-10-8-12(14-2)5-4-11(10)9-13/h4-5,8H,3,6-7,9H2,1-2H3. The Morgan fingerprint density at radius 3 is 2.93 bits per heavy atom. The number of hydrogen-bond acceptors (Lipinski definition) is 2. The Morgan fingerprint density at radius 1 is 1.36 bits per heavy atom. The van der Waals surface area contributed by atoms with Crippen LogP contribution in [0.15, 0.2) is 23.1 Å². The molecule has 2 rings (SSSR count). The van der Waals surface area contributed by atoms with Gasteiger partial charge in [0.05, 0.1) is 0 Å². The number of rotatable bonds is 2. The van der Waals surface area contributed by atoms with Crippen molar-refractivity contribution in [3.05, 3.63) is 29.3 Å². The van der Waals surface area contributed by atoms with Gasteiger partial charge in [0.25, 0.3) is 0 Å². The van der Waals surface area contributed by atoms with Crippen molar-refractivity contribution in [3.63, 3.8) is 0 Å². The van der Waals surface area contributed by atoms with E-state index in [1.807, 2.05) is 11.8 Å². The molecular weight excluding hydrogens is 190 g/mol. The Balaban J connectivity index is 2.23. The molecule has 1 aromatic rings. The second-order valence-corrected chi connectivity index (χ2v) is 4.63. The van der Waals surface area contributed by atoms with Crippen LogP contribution in [-0.4, -0.2) is 24.2 Å². The van der Waals surface area contributed by atoms with Crippen molar-refractivity contribution in [1.82, 2.24) is 4.90 Å². The van der Waals surface area contributed by atoms with E-state index in [4.69, 9.17) is 0 Å². The van der Waals surface area contributed by atoms with Gasteiger partial charge in [-0.1, -0.05) is 13.0 Å². The van der Waals surface area contributed by atoms with Gasteiger partial charge >= 0.3 is 0 Å². The van der Waals surface area contributed by atoms with Crippen LogP contribution in [0.25, 0.3) is 0 Å². The molecule has 1 aromatic carbocycles. The van der Waals surface area contributed by atoms with E-state index in [-0.39, 0.29) is 0 Å². The van der Waals surface area contributed by atoms with Crippen molar-refractivity contribution in [2.75, 3.05) is 19.3 Å². The topological polar surface area (TPSA) is 3.24 Å². The van der Waals surface area contributed by atoms with Crippen molar-refractivity contribution < 1.29 is 0 Å². The predicted octanol–water partition coefficient (Wildman–Crippen LogP) is 2.79. The minimum absolute atomic E-state index is 1.14. The molecular formula is C12H17NS. The monoisotopic (exact) mass is 207 g/mol. The van der Waals surface area contributed by atoms with Crippen LogP contribution in [0, 0.1) is 0 Å². The Morgan fingerprint density at radius 2 is 2.21 bits per heavy atom. The van der Waals surface area contributed by atoms with Gasteiger partial charge in [-0.15, -0.1) is 11.8 Å². The second kappa shape index (κ2) is 4.37. The average Bonchev–Trinajstić information content (AvgIpc) is 2.27. The molecule has 0 spiro atoms. The smallest absolute Gasteiger partial charge is 0.0236 e. The average molecular weight is 207 g/mol. The van der Waals surface area contributed by atoms with Crippen molar-refractivity contribution in [2.45, 2.75) is 24.8 Å². The summed E-state index contributed by atoms with van der Waals surface area (Å²) in [5.74, 6) is 0. The van der Waals surface area contributed by atoms with Crippen LogP contribution in [0.2, 0.25) is 0 Å². The maximum atomic E-state index is 2.50. The summed E-state index contributed by atoms with van der Waals surface area (Å²) in [5, 5.41) is 0. The number of hydrogen-bond donors (Lipinski definition) is 0. The molecule has 0 saturated heterocycles. The van der Waals surface area contributed by atoms with E-state index in [2.05, 4.69) is 36.3 Å². The van der Waals surface area contributed by atoms with Gasteiger partial charge in [0.2, 0.25) is 0 Å². The molecule has 1 heterocycles. The van der Waals surface area contributed by atoms with Crippen molar-refractivity contribution in [2.24, 2.45) is 0 Å². The van der Waals surface area contributed by atoms with Crippen molar-refractivity contribution in [3.8, 4) is 0 Å². The van der Waals surface area contributed by atoms with Gasteiger partial charge < -0.3 is 0 Å². The largest absolute Gasteiger partial charge is 0.299 e. The molecule has 14 heavy (non-hydrogen) atoms. The van der Waals surface area contributed by atoms with Crippen LogP contribution in [-0.2, 0) is 13.0 Å². The molecule has 1 aliphatic rings. The molecule has 1 aliphatic heterocycles. The highest BCUT2D eigenvalue weighted by Gasteiger charge is 2.14. The fraction of sp³-hybridized carbons (Fsp3) is 0.500. The molecule has 2 heteroatoms. The summed E-state index contributed by atoms with van der Waals surface area (Å²) >= 11 is 1.83. The third kappa shape index (κ3) is 1.96. The van der Waals surface area contributed by atoms with Crippen LogP contribution in [0.5, 0.6) is 0 Å². The second-order valence-electron chi connectivity index (χ2n) is 3.75. The van der Waals surface area contributed by atoms with Crippen molar-refractivity contribution >= 4 is 11.8 Å². The first-order valence-electron chi connectivity index (χ1n) is 5.21. The lowest BCUT2D eigenvalue weighted by molar-refractivity contribution is 0.268. The first kappa shape index (κ1) is 10.1. The minimum atomic E-state index is 1.14. The molecule has 0 aromatic heterocycles. The van der Waals surface area contributed by atoms with Gasteiger partial charge in [-0.3, -0.25) is 4.90 Å². The fourth-order valence-electron chi connectivity index (χ4n) is 1.98. The molecule has 0 fully saturated rings. The van der Waals surface area contributed by atoms with Gasteiger partial charge in [-0.25, -0.2) is 0 Å². The first-order chi connectivity index (χ1) is 6.83. The SMILES string of the molecule is CCN1CCc2cc(SC)ccc2C1. The van der Waals surface area contributed by atoms with Gasteiger partial charge in [0, 0.05) is 18.0 Å². The van der Waals surface area contributed by atoms with E-state index < -0.39 is 0 Å². The summed E-state index contributed by atoms with van der Waals surface area (Å²) in [6.07, 6.45) is 3.36. The van der Waals surface area contributed by atoms with E-state index in [1.165, 1.54) is 30.0 Å². The highest BCUT2D eigenvalue weighted by atomic mass is 32.2. The van der Waals surface area contributed by atoms with E-state index in [0.717, 1.165) is 6.54 Å². The number of thioether (sulfide) groups is 1. The Kier molecular flexibility index (Phi) is 3.14. The Hall–Kier alpha value is -0.470. The molecule has 0 atom stereocenters. The summed E-state index contributed by atoms with van der Waals surface area (Å²) in [4.78, 5) is 3.90. The molecule has 1 nitrogen and oxygen atoms in total. The maximum Gasteiger partial charge on any atom is 0.0236 e. The number of nitrogens with zero attached hydrogens (tertiary/aromatic N) is 1. The fourth-order valence-corrected chi connectivity index (χ4v) is 2.45. The molecule has 0 bridgehead atoms. The summed E-state index contributed by atoms with van der Waals surface area (Å²) in [6, 6.07) is 6.89. The Bertz CT molecular complexity index is 322. The third-order valence-electron chi connectivity index (χ3n) is 2.95. The minimum Gasteiger partial charge on any atom is -0.299 e. The highest BCUT2D eigenvalue weighted by molar-refractivity contribution is 7.98. The van der Waals surface area contributed by atoms with Crippen LogP contribution in [0.3, 0.4) is 0 Å². The summed E-state index contributed by atoms with van der Waals surface area (Å²) in [7, 11) is 0. The van der Waals surface area contributed by atoms with E-state index >= 15 is 0 Å². The molecule has 0 radical (unpaired) electrons. The zero-order chi connectivity index (χ0) is 9.97. The predicted molar refractivity (Wildman–Crippen MR) is 62.9 cm³/mol. The van der Waals surface area contributed by atoms with E-state index in [0.29, 0.717) is 0 Å². The van der Waals surface area contributed by atoms with E-state index in [1.54, 1.807) is 5.56 Å². The lowest BCUT2D eigenvalue weighted by atomic mass is 10.00. The van der Waals surface area contributed by atoms with Gasteiger partial charge in [-0.2, -0.15) is 0 Å². The van der Waals surface area contributed by atoms with Crippen LogP contribution < -0.4 is 0 Å². The molecule has 0 aliphatic carbocycles. The molecule has 76 valence electrons. The maximum absolute atomic E-state index is 2.50. The normalized spacial score (nSPS) is 16.7. The summed E-state index contributed by atoms with van der Waals surface area (Å²) < 4.78 is 0. The van der Waals surface area contributed by atoms with Crippen LogP contribution in [0.1, 0.15) is 18.1 Å². The quantitative estimate of drug-likeness (QED) is 0.686. The van der Waals surface area contributed by atoms with Crippen LogP contribution in [0.4, 0.5) is 0 Å². The number of benzene rings is 1. The summed E-state index contributed by atoms with van der Waals surface area (Å²) in [6.45, 7) is 5.77. The lowest BCUT2D eigenvalue weighted by Crippen LogP contribution is -2.30. The van der Waals surface area contributed by atoms with E-state index in [9.17, 15) is 0 Å². The molecule has 0 amide bonds. The third-order valence-corrected chi connectivity index (χ3v) is 3.68. The number of likely N-dealkylation sites (N-methyl/N-ethyl adjacent to an activating group) is 1. The Labute approximate surface area is 90.5 Å². The first-order valence-corrected chi connectivity index (χ1v) is 6.44. The lowest BCUT2D eigenvalue weighted by Gasteiger charge is -2.27. The van der Waals surface area contributed by atoms with Crippen molar-refractivity contribution in [1.29, 1.82) is 0 Å². The molecule has 0 unspecified atom stereocenters. The zero-order valence-electron chi connectivity index (χ0n) is 8.92. The van der Waals surface area contributed by atoms with Gasteiger partial charge in [-0.05, 0) is 42.5 Å². The van der Waals surface area contributed by atoms with Gasteiger partial charge in [0.15, 0.2) is 0 Å². The van der Waals surface area contributed by atoms with Crippen LogP contribution >= 0.6 is 11.8 Å².